The molecule has 0 aliphatic rings. The number of aromatic nitrogens is 2. The van der Waals surface area contributed by atoms with Crippen molar-refractivity contribution in [2.24, 2.45) is 0 Å². The minimum atomic E-state index is 0.572. The molecular weight excluding hydrogens is 202 g/mol. The predicted octanol–water partition coefficient (Wildman–Crippen LogP) is 2.71. The molecule has 4 nitrogen and oxygen atoms in total. The van der Waals surface area contributed by atoms with Crippen molar-refractivity contribution in [3.05, 3.63) is 36.2 Å². The maximum Gasteiger partial charge on any atom is 0.134 e. The highest BCUT2D eigenvalue weighted by Crippen LogP contribution is 2.28. The lowest BCUT2D eigenvalue weighted by atomic mass is 10.1. The van der Waals surface area contributed by atoms with Gasteiger partial charge in [-0.1, -0.05) is 12.1 Å². The van der Waals surface area contributed by atoms with Crippen LogP contribution in [0.5, 0.6) is 0 Å². The van der Waals surface area contributed by atoms with Gasteiger partial charge in [-0.25, -0.2) is 0 Å². The Labute approximate surface area is 92.1 Å². The number of fused-ring (bicyclic) bond motifs is 1. The van der Waals surface area contributed by atoms with Crippen LogP contribution in [0.3, 0.4) is 0 Å². The number of hydrogen-bond donors (Lipinski definition) is 2. The molecular formula is C12H11N3O. The number of anilines is 1. The number of furan rings is 1. The first kappa shape index (κ1) is 9.03. The molecule has 0 amide bonds. The van der Waals surface area contributed by atoms with Crippen LogP contribution in [-0.4, -0.2) is 10.2 Å². The zero-order valence-electron chi connectivity index (χ0n) is 8.82. The number of aryl methyl sites for hydroxylation is 1. The van der Waals surface area contributed by atoms with Gasteiger partial charge in [-0.15, -0.1) is 0 Å². The van der Waals surface area contributed by atoms with Crippen molar-refractivity contribution >= 4 is 16.8 Å². The van der Waals surface area contributed by atoms with E-state index in [1.54, 1.807) is 6.20 Å². The molecule has 3 aromatic rings. The number of hydrogen-bond acceptors (Lipinski definition) is 3. The normalized spacial score (nSPS) is 11.1. The Bertz CT molecular complexity index is 651. The van der Waals surface area contributed by atoms with Crippen molar-refractivity contribution in [3.8, 4) is 11.1 Å². The van der Waals surface area contributed by atoms with Gasteiger partial charge >= 0.3 is 0 Å². The largest absolute Gasteiger partial charge is 0.461 e. The summed E-state index contributed by atoms with van der Waals surface area (Å²) in [4.78, 5) is 0. The van der Waals surface area contributed by atoms with Crippen molar-refractivity contribution in [1.82, 2.24) is 10.2 Å². The van der Waals surface area contributed by atoms with Crippen molar-refractivity contribution in [1.29, 1.82) is 0 Å². The molecule has 3 N–H and O–H groups in total. The van der Waals surface area contributed by atoms with Crippen LogP contribution in [-0.2, 0) is 0 Å². The number of rotatable bonds is 1. The van der Waals surface area contributed by atoms with Crippen molar-refractivity contribution in [2.75, 3.05) is 5.73 Å². The fraction of sp³-hybridized carbons (Fsp3) is 0.0833. The highest BCUT2D eigenvalue weighted by Gasteiger charge is 2.07. The zero-order chi connectivity index (χ0) is 11.1. The molecule has 0 saturated carbocycles. The quantitative estimate of drug-likeness (QED) is 0.653. The van der Waals surface area contributed by atoms with Crippen molar-refractivity contribution in [3.63, 3.8) is 0 Å². The predicted molar refractivity (Wildman–Crippen MR) is 62.9 cm³/mol. The summed E-state index contributed by atoms with van der Waals surface area (Å²) < 4.78 is 5.58. The van der Waals surface area contributed by atoms with Crippen molar-refractivity contribution in [2.45, 2.75) is 6.92 Å². The van der Waals surface area contributed by atoms with Crippen LogP contribution in [0, 0.1) is 6.92 Å². The van der Waals surface area contributed by atoms with Crippen LogP contribution < -0.4 is 5.73 Å². The van der Waals surface area contributed by atoms with Gasteiger partial charge in [0.25, 0.3) is 0 Å². The van der Waals surface area contributed by atoms with E-state index in [0.717, 1.165) is 27.9 Å². The summed E-state index contributed by atoms with van der Waals surface area (Å²) in [6.45, 7) is 1.94. The molecule has 80 valence electrons. The number of H-pyrrole nitrogens is 1. The monoisotopic (exact) mass is 213 g/mol. The van der Waals surface area contributed by atoms with Gasteiger partial charge in [-0.2, -0.15) is 5.10 Å². The first-order chi connectivity index (χ1) is 7.74. The first-order valence-corrected chi connectivity index (χ1v) is 5.03. The van der Waals surface area contributed by atoms with E-state index < -0.39 is 0 Å². The second-order valence-electron chi connectivity index (χ2n) is 3.81. The molecule has 0 radical (unpaired) electrons. The Morgan fingerprint density at radius 3 is 2.94 bits per heavy atom. The first-order valence-electron chi connectivity index (χ1n) is 5.03. The van der Waals surface area contributed by atoms with Crippen LogP contribution in [0.15, 0.2) is 34.9 Å². The van der Waals surface area contributed by atoms with Gasteiger partial charge in [0, 0.05) is 10.9 Å². The summed E-state index contributed by atoms with van der Waals surface area (Å²) in [5.41, 5.74) is 8.55. The highest BCUT2D eigenvalue weighted by atomic mass is 16.3. The molecule has 0 spiro atoms. The molecule has 0 atom stereocenters. The number of nitrogens with two attached hydrogens (primary N) is 1. The molecule has 0 bridgehead atoms. The molecule has 0 saturated heterocycles. The Hall–Kier alpha value is -2.23. The van der Waals surface area contributed by atoms with E-state index in [4.69, 9.17) is 10.2 Å². The SMILES string of the molecule is Cc1cc2ccc(-c3cn[nH]c3N)cc2o1. The smallest absolute Gasteiger partial charge is 0.134 e. The lowest BCUT2D eigenvalue weighted by Gasteiger charge is -1.98. The van der Waals surface area contributed by atoms with Crippen molar-refractivity contribution < 1.29 is 4.42 Å². The summed E-state index contributed by atoms with van der Waals surface area (Å²) in [7, 11) is 0. The second kappa shape index (κ2) is 3.13. The molecule has 1 aromatic carbocycles. The molecule has 0 unspecified atom stereocenters. The maximum atomic E-state index is 5.77. The van der Waals surface area contributed by atoms with Gasteiger partial charge < -0.3 is 10.2 Å². The lowest BCUT2D eigenvalue weighted by Crippen LogP contribution is -1.87. The van der Waals surface area contributed by atoms with Crippen LogP contribution in [0.25, 0.3) is 22.1 Å². The van der Waals surface area contributed by atoms with E-state index in [0.29, 0.717) is 5.82 Å². The summed E-state index contributed by atoms with van der Waals surface area (Å²) in [6, 6.07) is 8.02. The molecule has 2 aromatic heterocycles. The summed E-state index contributed by atoms with van der Waals surface area (Å²) in [5, 5.41) is 7.72. The highest BCUT2D eigenvalue weighted by molar-refractivity contribution is 5.85. The van der Waals surface area contributed by atoms with Gasteiger partial charge in [-0.3, -0.25) is 5.10 Å². The third-order valence-corrected chi connectivity index (χ3v) is 2.62. The van der Waals surface area contributed by atoms with Gasteiger partial charge in [0.2, 0.25) is 0 Å². The average Bonchev–Trinajstić information content (AvgIpc) is 2.81. The number of aromatic amines is 1. The van der Waals surface area contributed by atoms with E-state index in [9.17, 15) is 0 Å². The number of nitrogen functional groups attached to an aromatic ring is 1. The van der Waals surface area contributed by atoms with E-state index in [2.05, 4.69) is 10.2 Å². The topological polar surface area (TPSA) is 67.8 Å². The number of nitrogens with zero attached hydrogens (tertiary/aromatic N) is 1. The summed E-state index contributed by atoms with van der Waals surface area (Å²) in [6.07, 6.45) is 1.71. The van der Waals surface area contributed by atoms with Gasteiger partial charge in [0.1, 0.15) is 17.2 Å². The molecule has 4 heteroatoms. The lowest BCUT2D eigenvalue weighted by molar-refractivity contribution is 0.579. The van der Waals surface area contributed by atoms with E-state index in [1.165, 1.54) is 0 Å². The average molecular weight is 213 g/mol. The van der Waals surface area contributed by atoms with Gasteiger partial charge in [0.15, 0.2) is 0 Å². The third kappa shape index (κ3) is 1.27. The van der Waals surface area contributed by atoms with Crippen LogP contribution in [0.1, 0.15) is 5.76 Å². The van der Waals surface area contributed by atoms with E-state index >= 15 is 0 Å². The van der Waals surface area contributed by atoms with Crippen LogP contribution >= 0.6 is 0 Å². The Morgan fingerprint density at radius 2 is 2.19 bits per heavy atom. The molecule has 16 heavy (non-hydrogen) atoms. The Morgan fingerprint density at radius 1 is 1.31 bits per heavy atom. The fourth-order valence-electron chi connectivity index (χ4n) is 1.86. The Kier molecular flexibility index (Phi) is 1.77. The fourth-order valence-corrected chi connectivity index (χ4v) is 1.86. The minimum Gasteiger partial charge on any atom is -0.461 e. The standard InChI is InChI=1S/C12H11N3O/c1-7-4-9-3-2-8(5-11(9)16-7)10-6-14-15-12(10)13/h2-6H,1H3,(H3,13,14,15). The summed E-state index contributed by atoms with van der Waals surface area (Å²) in [5.74, 6) is 1.48. The third-order valence-electron chi connectivity index (χ3n) is 2.62. The molecule has 3 rings (SSSR count). The number of nitrogens with one attached hydrogen (secondary N) is 1. The van der Waals surface area contributed by atoms with E-state index in [-0.39, 0.29) is 0 Å². The molecule has 2 heterocycles. The maximum absolute atomic E-state index is 5.77. The number of benzene rings is 1. The zero-order valence-corrected chi connectivity index (χ0v) is 8.82. The van der Waals surface area contributed by atoms with Crippen LogP contribution in [0.4, 0.5) is 5.82 Å². The molecule has 0 aliphatic heterocycles. The van der Waals surface area contributed by atoms with E-state index in [1.807, 2.05) is 31.2 Å². The van der Waals surface area contributed by atoms with Gasteiger partial charge in [0.05, 0.1) is 6.20 Å². The minimum absolute atomic E-state index is 0.572. The Balaban J connectivity index is 2.22. The summed E-state index contributed by atoms with van der Waals surface area (Å²) >= 11 is 0. The van der Waals surface area contributed by atoms with Crippen LogP contribution in [0.2, 0.25) is 0 Å². The molecule has 0 aliphatic carbocycles. The second-order valence-corrected chi connectivity index (χ2v) is 3.81. The van der Waals surface area contributed by atoms with Gasteiger partial charge in [-0.05, 0) is 24.6 Å². The molecule has 0 fully saturated rings.